The normalized spacial score (nSPS) is 10.8. The number of carbonyl (C=O) groups is 3. The summed E-state index contributed by atoms with van der Waals surface area (Å²) in [5.74, 6) is -2.71. The van der Waals surface area contributed by atoms with E-state index in [1.54, 1.807) is 17.4 Å². The summed E-state index contributed by atoms with van der Waals surface area (Å²) in [7, 11) is 0. The number of alkyl halides is 3. The van der Waals surface area contributed by atoms with Gasteiger partial charge in [-0.15, -0.1) is 0 Å². The molecule has 0 bridgehead atoms. The molecule has 0 aromatic heterocycles. The van der Waals surface area contributed by atoms with Gasteiger partial charge in [-0.1, -0.05) is 6.07 Å². The second kappa shape index (κ2) is 8.16. The Kier molecular flexibility index (Phi) is 6.55. The summed E-state index contributed by atoms with van der Waals surface area (Å²) < 4.78 is 35.8. The van der Waals surface area contributed by atoms with Crippen LogP contribution >= 0.6 is 0 Å². The highest BCUT2D eigenvalue weighted by molar-refractivity contribution is 5.96. The maximum atomic E-state index is 11.9. The van der Waals surface area contributed by atoms with E-state index in [4.69, 9.17) is 0 Å². The topological polar surface area (TPSA) is 87.3 Å². The van der Waals surface area contributed by atoms with Crippen molar-refractivity contribution in [3.63, 3.8) is 0 Å². The zero-order chi connectivity index (χ0) is 17.5. The third-order valence-corrected chi connectivity index (χ3v) is 2.63. The molecule has 3 amide bonds. The minimum atomic E-state index is -4.91. The highest BCUT2D eigenvalue weighted by Crippen LogP contribution is 2.13. The third-order valence-electron chi connectivity index (χ3n) is 2.63. The Bertz CT molecular complexity index is 588. The quantitative estimate of drug-likeness (QED) is 0.690. The summed E-state index contributed by atoms with van der Waals surface area (Å²) in [6.07, 6.45) is -4.76. The summed E-state index contributed by atoms with van der Waals surface area (Å²) >= 11 is 0. The second-order valence-electron chi connectivity index (χ2n) is 4.63. The molecule has 0 heterocycles. The summed E-state index contributed by atoms with van der Waals surface area (Å²) in [5.41, 5.74) is 0.762. The molecule has 0 saturated carbocycles. The van der Waals surface area contributed by atoms with Crippen molar-refractivity contribution in [3.05, 3.63) is 29.8 Å². The maximum Gasteiger partial charge on any atom is 0.471 e. The smallest absolute Gasteiger partial charge is 0.352 e. The number of halogens is 3. The van der Waals surface area contributed by atoms with Crippen molar-refractivity contribution in [2.24, 2.45) is 0 Å². The van der Waals surface area contributed by atoms with Gasteiger partial charge in [0.25, 0.3) is 5.91 Å². The predicted molar refractivity (Wildman–Crippen MR) is 76.8 cm³/mol. The Balaban J connectivity index is 2.37. The summed E-state index contributed by atoms with van der Waals surface area (Å²) in [5, 5.41) is 6.74. The number of hydrogen-bond acceptors (Lipinski definition) is 3. The molecule has 3 N–H and O–H groups in total. The van der Waals surface area contributed by atoms with Crippen LogP contribution < -0.4 is 16.0 Å². The van der Waals surface area contributed by atoms with Gasteiger partial charge in [0.2, 0.25) is 5.91 Å². The lowest BCUT2D eigenvalue weighted by Gasteiger charge is -2.09. The minimum absolute atomic E-state index is 0.0985. The lowest BCUT2D eigenvalue weighted by Crippen LogP contribution is -2.38. The molecule has 0 spiro atoms. The van der Waals surface area contributed by atoms with Crippen LogP contribution in [0.2, 0.25) is 0 Å². The van der Waals surface area contributed by atoms with Gasteiger partial charge in [-0.2, -0.15) is 13.2 Å². The highest BCUT2D eigenvalue weighted by atomic mass is 19.4. The van der Waals surface area contributed by atoms with Gasteiger partial charge in [-0.05, 0) is 24.6 Å². The Labute approximate surface area is 130 Å². The van der Waals surface area contributed by atoms with Gasteiger partial charge >= 0.3 is 12.1 Å². The summed E-state index contributed by atoms with van der Waals surface area (Å²) in [6, 6.07) is 6.21. The summed E-state index contributed by atoms with van der Waals surface area (Å²) in [6.45, 7) is 1.23. The van der Waals surface area contributed by atoms with Crippen LogP contribution in [0.4, 0.5) is 18.9 Å². The van der Waals surface area contributed by atoms with E-state index in [1.165, 1.54) is 19.1 Å². The maximum absolute atomic E-state index is 11.9. The molecule has 1 aromatic carbocycles. The van der Waals surface area contributed by atoms with E-state index < -0.39 is 18.0 Å². The minimum Gasteiger partial charge on any atom is -0.352 e. The molecule has 0 aliphatic rings. The number of benzene rings is 1. The fraction of sp³-hybridized carbons (Fsp3) is 0.357. The SMILES string of the molecule is CC(=O)Nc1cccc(C(=O)NCCCNC(=O)C(F)(F)F)c1. The van der Waals surface area contributed by atoms with Crippen molar-refractivity contribution >= 4 is 23.4 Å². The molecule has 1 aromatic rings. The van der Waals surface area contributed by atoms with Gasteiger partial charge in [0.05, 0.1) is 0 Å². The average Bonchev–Trinajstić information content (AvgIpc) is 2.45. The van der Waals surface area contributed by atoms with Crippen LogP contribution in [-0.4, -0.2) is 37.0 Å². The van der Waals surface area contributed by atoms with E-state index in [0.29, 0.717) is 11.3 Å². The van der Waals surface area contributed by atoms with Gasteiger partial charge in [-0.3, -0.25) is 14.4 Å². The van der Waals surface area contributed by atoms with Gasteiger partial charge in [-0.25, -0.2) is 0 Å². The summed E-state index contributed by atoms with van der Waals surface area (Å²) in [4.78, 5) is 33.3. The molecule has 0 fully saturated rings. The molecular formula is C14H16F3N3O3. The van der Waals surface area contributed by atoms with Crippen molar-refractivity contribution in [1.29, 1.82) is 0 Å². The molecule has 23 heavy (non-hydrogen) atoms. The number of nitrogens with one attached hydrogen (secondary N) is 3. The van der Waals surface area contributed by atoms with E-state index in [2.05, 4.69) is 10.6 Å². The van der Waals surface area contributed by atoms with Gasteiger partial charge in [0.15, 0.2) is 0 Å². The zero-order valence-corrected chi connectivity index (χ0v) is 12.3. The van der Waals surface area contributed by atoms with Crippen LogP contribution in [0.25, 0.3) is 0 Å². The second-order valence-corrected chi connectivity index (χ2v) is 4.63. The average molecular weight is 331 g/mol. The molecular weight excluding hydrogens is 315 g/mol. The molecule has 0 aliphatic heterocycles. The van der Waals surface area contributed by atoms with Crippen molar-refractivity contribution in [1.82, 2.24) is 10.6 Å². The number of hydrogen-bond donors (Lipinski definition) is 3. The molecule has 0 unspecified atom stereocenters. The predicted octanol–water partition coefficient (Wildman–Crippen LogP) is 1.44. The van der Waals surface area contributed by atoms with E-state index in [0.717, 1.165) is 0 Å². The highest BCUT2D eigenvalue weighted by Gasteiger charge is 2.38. The molecule has 9 heteroatoms. The molecule has 6 nitrogen and oxygen atoms in total. The number of rotatable bonds is 6. The lowest BCUT2D eigenvalue weighted by molar-refractivity contribution is -0.173. The first-order chi connectivity index (χ1) is 10.7. The number of carbonyl (C=O) groups excluding carboxylic acids is 3. The standard InChI is InChI=1S/C14H16F3N3O3/c1-9(21)20-11-5-2-4-10(8-11)12(22)18-6-3-7-19-13(23)14(15,16)17/h2,4-5,8H,3,6-7H2,1H3,(H,18,22)(H,19,23)(H,20,21). The first-order valence-corrected chi connectivity index (χ1v) is 6.71. The Hall–Kier alpha value is -2.58. The first kappa shape index (κ1) is 18.5. The van der Waals surface area contributed by atoms with Gasteiger partial charge in [0, 0.05) is 31.3 Å². The van der Waals surface area contributed by atoms with Crippen LogP contribution in [0, 0.1) is 0 Å². The van der Waals surface area contributed by atoms with Gasteiger partial charge < -0.3 is 16.0 Å². The monoisotopic (exact) mass is 331 g/mol. The third kappa shape index (κ3) is 6.81. The van der Waals surface area contributed by atoms with E-state index in [-0.39, 0.29) is 25.4 Å². The van der Waals surface area contributed by atoms with Crippen molar-refractivity contribution in [3.8, 4) is 0 Å². The molecule has 126 valence electrons. The van der Waals surface area contributed by atoms with Crippen molar-refractivity contribution in [2.75, 3.05) is 18.4 Å². The number of amides is 3. The zero-order valence-electron chi connectivity index (χ0n) is 12.3. The van der Waals surface area contributed by atoms with Crippen LogP contribution in [0.3, 0.4) is 0 Å². The Morgan fingerprint density at radius 2 is 1.74 bits per heavy atom. The van der Waals surface area contributed by atoms with Crippen LogP contribution in [0.1, 0.15) is 23.7 Å². The Morgan fingerprint density at radius 3 is 2.35 bits per heavy atom. The van der Waals surface area contributed by atoms with E-state index in [1.807, 2.05) is 0 Å². The molecule has 1 rings (SSSR count). The lowest BCUT2D eigenvalue weighted by atomic mass is 10.2. The molecule has 0 atom stereocenters. The number of anilines is 1. The van der Waals surface area contributed by atoms with Crippen LogP contribution in [0.5, 0.6) is 0 Å². The first-order valence-electron chi connectivity index (χ1n) is 6.71. The van der Waals surface area contributed by atoms with Gasteiger partial charge in [0.1, 0.15) is 0 Å². The molecule has 0 saturated heterocycles. The van der Waals surface area contributed by atoms with Crippen molar-refractivity contribution in [2.45, 2.75) is 19.5 Å². The molecule has 0 aliphatic carbocycles. The fourth-order valence-corrected chi connectivity index (χ4v) is 1.64. The van der Waals surface area contributed by atoms with E-state index >= 15 is 0 Å². The molecule has 0 radical (unpaired) electrons. The van der Waals surface area contributed by atoms with E-state index in [9.17, 15) is 27.6 Å². The van der Waals surface area contributed by atoms with Crippen molar-refractivity contribution < 1.29 is 27.6 Å². The largest absolute Gasteiger partial charge is 0.471 e. The fourth-order valence-electron chi connectivity index (χ4n) is 1.64. The van der Waals surface area contributed by atoms with Crippen LogP contribution in [-0.2, 0) is 9.59 Å². The van der Waals surface area contributed by atoms with Crippen LogP contribution in [0.15, 0.2) is 24.3 Å². The Morgan fingerprint density at radius 1 is 1.09 bits per heavy atom.